The van der Waals surface area contributed by atoms with E-state index in [1.54, 1.807) is 4.90 Å². The van der Waals surface area contributed by atoms with E-state index in [0.29, 0.717) is 17.3 Å². The third-order valence-electron chi connectivity index (χ3n) is 5.66. The average Bonchev–Trinajstić information content (AvgIpc) is 3.44. The van der Waals surface area contributed by atoms with E-state index in [9.17, 15) is 9.59 Å². The summed E-state index contributed by atoms with van der Waals surface area (Å²) in [4.78, 5) is 36.4. The molecule has 0 unspecified atom stereocenters. The van der Waals surface area contributed by atoms with Crippen molar-refractivity contribution in [2.24, 2.45) is 0 Å². The molecular formula is C24H21ClN4O2S. The van der Waals surface area contributed by atoms with E-state index in [1.165, 1.54) is 11.3 Å². The van der Waals surface area contributed by atoms with Crippen LogP contribution >= 0.6 is 22.9 Å². The predicted octanol–water partition coefficient (Wildman–Crippen LogP) is 5.62. The lowest BCUT2D eigenvalue weighted by atomic mass is 10.1. The number of H-pyrrole nitrogens is 1. The molecule has 0 spiro atoms. The quantitative estimate of drug-likeness (QED) is 0.376. The first kappa shape index (κ1) is 20.7. The summed E-state index contributed by atoms with van der Waals surface area (Å²) in [6.07, 6.45) is 3.44. The fourth-order valence-corrected chi connectivity index (χ4v) is 4.97. The van der Waals surface area contributed by atoms with Crippen molar-refractivity contribution in [3.8, 4) is 10.7 Å². The minimum atomic E-state index is 0.176. The van der Waals surface area contributed by atoms with Crippen LogP contribution in [-0.4, -0.2) is 28.8 Å². The normalized spacial score (nSPS) is 14.2. The van der Waals surface area contributed by atoms with Gasteiger partial charge in [-0.05, 0) is 60.9 Å². The Balaban J connectivity index is 1.35. The van der Waals surface area contributed by atoms with Gasteiger partial charge in [0.15, 0.2) is 0 Å². The Labute approximate surface area is 194 Å². The number of hydrogen-bond acceptors (Lipinski definition) is 4. The highest BCUT2D eigenvalue weighted by molar-refractivity contribution is 7.19. The number of amides is 2. The molecule has 0 bridgehead atoms. The number of thiophene rings is 1. The summed E-state index contributed by atoms with van der Waals surface area (Å²) in [5.41, 5.74) is 4.37. The molecule has 2 aromatic carbocycles. The highest BCUT2D eigenvalue weighted by atomic mass is 35.5. The number of anilines is 2. The summed E-state index contributed by atoms with van der Waals surface area (Å²) in [5.74, 6) is 0.935. The third-order valence-corrected chi connectivity index (χ3v) is 6.89. The fourth-order valence-electron chi connectivity index (χ4n) is 3.98. The number of aromatic amines is 1. The monoisotopic (exact) mass is 464 g/mol. The molecule has 0 aliphatic carbocycles. The zero-order chi connectivity index (χ0) is 22.1. The van der Waals surface area contributed by atoms with Crippen LogP contribution < -0.4 is 9.80 Å². The van der Waals surface area contributed by atoms with E-state index < -0.39 is 0 Å². The lowest BCUT2D eigenvalue weighted by molar-refractivity contribution is -0.119. The Morgan fingerprint density at radius 1 is 1.12 bits per heavy atom. The van der Waals surface area contributed by atoms with E-state index in [4.69, 9.17) is 11.6 Å². The van der Waals surface area contributed by atoms with E-state index in [1.807, 2.05) is 59.5 Å². The minimum absolute atomic E-state index is 0.176. The highest BCUT2D eigenvalue weighted by Gasteiger charge is 2.19. The summed E-state index contributed by atoms with van der Waals surface area (Å²) in [6.45, 7) is 1.20. The SMILES string of the molecule is O=CN(Cc1ccc(N2CCCCC2=O)cc1)c1ccc2nc(-c3ccc(Cl)s3)[nH]c2c1. The number of benzene rings is 2. The van der Waals surface area contributed by atoms with Crippen LogP contribution in [0.1, 0.15) is 24.8 Å². The molecule has 1 aliphatic heterocycles. The van der Waals surface area contributed by atoms with Crippen LogP contribution in [0.25, 0.3) is 21.7 Å². The van der Waals surface area contributed by atoms with Crippen molar-refractivity contribution in [2.75, 3.05) is 16.3 Å². The van der Waals surface area contributed by atoms with E-state index in [-0.39, 0.29) is 5.91 Å². The van der Waals surface area contributed by atoms with Gasteiger partial charge in [-0.1, -0.05) is 23.7 Å². The molecule has 8 heteroatoms. The molecule has 0 atom stereocenters. The molecule has 0 saturated carbocycles. The Kier molecular flexibility index (Phi) is 5.68. The van der Waals surface area contributed by atoms with Gasteiger partial charge in [-0.25, -0.2) is 4.98 Å². The smallest absolute Gasteiger partial charge is 0.226 e. The Hall–Kier alpha value is -3.16. The molecule has 32 heavy (non-hydrogen) atoms. The number of carbonyl (C=O) groups is 2. The van der Waals surface area contributed by atoms with Gasteiger partial charge in [-0.2, -0.15) is 0 Å². The second-order valence-corrected chi connectivity index (χ2v) is 9.51. The van der Waals surface area contributed by atoms with Gasteiger partial charge in [0.05, 0.1) is 26.8 Å². The summed E-state index contributed by atoms with van der Waals surface area (Å²) in [5, 5.41) is 0. The number of halogens is 1. The van der Waals surface area contributed by atoms with Crippen LogP contribution in [0, 0.1) is 0 Å². The first-order chi connectivity index (χ1) is 15.6. The van der Waals surface area contributed by atoms with E-state index in [2.05, 4.69) is 9.97 Å². The van der Waals surface area contributed by atoms with Gasteiger partial charge in [-0.15, -0.1) is 11.3 Å². The van der Waals surface area contributed by atoms with Gasteiger partial charge in [-0.3, -0.25) is 9.59 Å². The Bertz CT molecular complexity index is 1280. The van der Waals surface area contributed by atoms with Crippen molar-refractivity contribution in [1.82, 2.24) is 9.97 Å². The second kappa shape index (κ2) is 8.76. The molecule has 162 valence electrons. The maximum Gasteiger partial charge on any atom is 0.226 e. The number of carbonyl (C=O) groups excluding carboxylic acids is 2. The number of hydrogen-bond donors (Lipinski definition) is 1. The molecule has 2 aromatic heterocycles. The topological polar surface area (TPSA) is 69.3 Å². The number of imidazole rings is 1. The number of nitrogens with zero attached hydrogens (tertiary/aromatic N) is 3. The average molecular weight is 465 g/mol. The molecule has 4 aromatic rings. The van der Waals surface area contributed by atoms with Gasteiger partial charge in [0.2, 0.25) is 12.3 Å². The summed E-state index contributed by atoms with van der Waals surface area (Å²) in [7, 11) is 0. The van der Waals surface area contributed by atoms with Crippen LogP contribution in [0.4, 0.5) is 11.4 Å². The Morgan fingerprint density at radius 2 is 1.97 bits per heavy atom. The van der Waals surface area contributed by atoms with Crippen LogP contribution in [0.15, 0.2) is 54.6 Å². The molecule has 1 aliphatic rings. The third kappa shape index (κ3) is 4.13. The van der Waals surface area contributed by atoms with Crippen molar-refractivity contribution in [1.29, 1.82) is 0 Å². The summed E-state index contributed by atoms with van der Waals surface area (Å²) in [6, 6.07) is 17.4. The van der Waals surface area contributed by atoms with Crippen molar-refractivity contribution in [3.05, 3.63) is 64.5 Å². The van der Waals surface area contributed by atoms with Gasteiger partial charge in [0.25, 0.3) is 0 Å². The lowest BCUT2D eigenvalue weighted by Crippen LogP contribution is -2.35. The van der Waals surface area contributed by atoms with Crippen molar-refractivity contribution in [3.63, 3.8) is 0 Å². The predicted molar refractivity (Wildman–Crippen MR) is 129 cm³/mol. The number of fused-ring (bicyclic) bond motifs is 1. The molecule has 2 amide bonds. The molecule has 6 nitrogen and oxygen atoms in total. The first-order valence-corrected chi connectivity index (χ1v) is 11.7. The van der Waals surface area contributed by atoms with Crippen LogP contribution in [0.3, 0.4) is 0 Å². The maximum atomic E-state index is 12.1. The molecule has 1 fully saturated rings. The highest BCUT2D eigenvalue weighted by Crippen LogP contribution is 2.31. The second-order valence-electron chi connectivity index (χ2n) is 7.79. The molecule has 5 rings (SSSR count). The molecule has 1 N–H and O–H groups in total. The molecular weight excluding hydrogens is 444 g/mol. The van der Waals surface area contributed by atoms with Crippen molar-refractivity contribution < 1.29 is 9.59 Å². The zero-order valence-electron chi connectivity index (χ0n) is 17.3. The van der Waals surface area contributed by atoms with Crippen LogP contribution in [0.2, 0.25) is 4.34 Å². The van der Waals surface area contributed by atoms with Gasteiger partial charge < -0.3 is 14.8 Å². The minimum Gasteiger partial charge on any atom is -0.337 e. The van der Waals surface area contributed by atoms with Crippen LogP contribution in [-0.2, 0) is 16.1 Å². The van der Waals surface area contributed by atoms with E-state index >= 15 is 0 Å². The first-order valence-electron chi connectivity index (χ1n) is 10.5. The molecule has 0 radical (unpaired) electrons. The van der Waals surface area contributed by atoms with Gasteiger partial charge >= 0.3 is 0 Å². The zero-order valence-corrected chi connectivity index (χ0v) is 18.8. The molecule has 1 saturated heterocycles. The van der Waals surface area contributed by atoms with Crippen LogP contribution in [0.5, 0.6) is 0 Å². The largest absolute Gasteiger partial charge is 0.337 e. The number of nitrogens with one attached hydrogen (secondary N) is 1. The fraction of sp³-hybridized carbons (Fsp3) is 0.208. The van der Waals surface area contributed by atoms with Gasteiger partial charge in [0, 0.05) is 24.3 Å². The Morgan fingerprint density at radius 3 is 2.69 bits per heavy atom. The van der Waals surface area contributed by atoms with Gasteiger partial charge in [0.1, 0.15) is 5.82 Å². The standard InChI is InChI=1S/C24H21ClN4O2S/c25-22-11-10-21(32-22)24-26-19-9-8-18(13-20(19)27-24)28(15-30)14-16-4-6-17(7-5-16)29-12-2-1-3-23(29)31/h4-11,13,15H,1-3,12,14H2,(H,26,27). The number of rotatable bonds is 6. The maximum absolute atomic E-state index is 12.1. The number of piperidine rings is 1. The summed E-state index contributed by atoms with van der Waals surface area (Å²) >= 11 is 7.51. The van der Waals surface area contributed by atoms with Crippen molar-refractivity contribution >= 4 is 57.7 Å². The van der Waals surface area contributed by atoms with Crippen molar-refractivity contribution in [2.45, 2.75) is 25.8 Å². The van der Waals surface area contributed by atoms with E-state index in [0.717, 1.165) is 64.5 Å². The number of aromatic nitrogens is 2. The lowest BCUT2D eigenvalue weighted by Gasteiger charge is -2.27. The molecule has 3 heterocycles. The summed E-state index contributed by atoms with van der Waals surface area (Å²) < 4.78 is 0.712.